The van der Waals surface area contributed by atoms with Crippen LogP contribution in [0.5, 0.6) is 5.75 Å². The molecule has 0 saturated heterocycles. The van der Waals surface area contributed by atoms with Crippen molar-refractivity contribution < 1.29 is 14.3 Å². The summed E-state index contributed by atoms with van der Waals surface area (Å²) in [6.45, 7) is 2.62. The number of carbonyl (C=O) groups excluding carboxylic acids is 1. The van der Waals surface area contributed by atoms with Crippen molar-refractivity contribution in [1.29, 1.82) is 0 Å². The number of hydrogen-bond donors (Lipinski definition) is 2. The Morgan fingerprint density at radius 3 is 2.96 bits per heavy atom. The molecule has 0 fully saturated rings. The summed E-state index contributed by atoms with van der Waals surface area (Å²) < 4.78 is 12.6. The van der Waals surface area contributed by atoms with Gasteiger partial charge < -0.3 is 24.7 Å². The van der Waals surface area contributed by atoms with Crippen LogP contribution in [0, 0.1) is 0 Å². The van der Waals surface area contributed by atoms with E-state index in [1.807, 2.05) is 35.0 Å². The zero-order chi connectivity index (χ0) is 16.3. The third-order valence-electron chi connectivity index (χ3n) is 3.10. The first-order valence-corrected chi connectivity index (χ1v) is 7.46. The van der Waals surface area contributed by atoms with Crippen molar-refractivity contribution in [3.8, 4) is 5.75 Å². The standard InChI is InChI=1S/C16H22N4O3/c1-22-10-7-17-12-16(21)19-14-4-2-3-5-15(14)23-11-9-20-8-6-18-13-20/h2-6,8,13,17H,7,9-12H2,1H3,(H,19,21). The molecule has 0 radical (unpaired) electrons. The molecule has 2 rings (SSSR count). The molecule has 1 amide bonds. The smallest absolute Gasteiger partial charge is 0.238 e. The molecule has 0 saturated carbocycles. The number of amides is 1. The minimum absolute atomic E-state index is 0.119. The Morgan fingerprint density at radius 2 is 2.17 bits per heavy atom. The number of para-hydroxylation sites is 2. The van der Waals surface area contributed by atoms with E-state index in [0.717, 1.165) is 0 Å². The lowest BCUT2D eigenvalue weighted by Gasteiger charge is -2.13. The topological polar surface area (TPSA) is 77.4 Å². The van der Waals surface area contributed by atoms with Crippen molar-refractivity contribution in [3.63, 3.8) is 0 Å². The molecule has 0 unspecified atom stereocenters. The fourth-order valence-electron chi connectivity index (χ4n) is 1.95. The summed E-state index contributed by atoms with van der Waals surface area (Å²) in [5.41, 5.74) is 0.664. The number of anilines is 1. The number of ether oxygens (including phenoxy) is 2. The highest BCUT2D eigenvalue weighted by Crippen LogP contribution is 2.23. The Labute approximate surface area is 135 Å². The first kappa shape index (κ1) is 17.0. The van der Waals surface area contributed by atoms with Crippen molar-refractivity contribution in [2.45, 2.75) is 6.54 Å². The highest BCUT2D eigenvalue weighted by atomic mass is 16.5. The Hall–Kier alpha value is -2.38. The molecule has 23 heavy (non-hydrogen) atoms. The van der Waals surface area contributed by atoms with E-state index in [1.54, 1.807) is 19.6 Å². The summed E-state index contributed by atoms with van der Waals surface area (Å²) >= 11 is 0. The molecule has 1 aromatic carbocycles. The van der Waals surface area contributed by atoms with E-state index in [-0.39, 0.29) is 12.5 Å². The van der Waals surface area contributed by atoms with Crippen molar-refractivity contribution in [2.75, 3.05) is 38.7 Å². The number of imidazole rings is 1. The molecular formula is C16H22N4O3. The monoisotopic (exact) mass is 318 g/mol. The number of aromatic nitrogens is 2. The molecule has 0 aliphatic rings. The highest BCUT2D eigenvalue weighted by molar-refractivity contribution is 5.93. The molecule has 1 aromatic heterocycles. The number of rotatable bonds is 10. The molecular weight excluding hydrogens is 296 g/mol. The van der Waals surface area contributed by atoms with Crippen LogP contribution in [-0.2, 0) is 16.1 Å². The Kier molecular flexibility index (Phi) is 7.09. The molecule has 0 atom stereocenters. The fourth-order valence-corrected chi connectivity index (χ4v) is 1.95. The third-order valence-corrected chi connectivity index (χ3v) is 3.10. The molecule has 1 heterocycles. The van der Waals surface area contributed by atoms with Crippen LogP contribution in [0.3, 0.4) is 0 Å². The van der Waals surface area contributed by atoms with Gasteiger partial charge >= 0.3 is 0 Å². The third kappa shape index (κ3) is 6.09. The summed E-state index contributed by atoms with van der Waals surface area (Å²) in [6.07, 6.45) is 5.34. The van der Waals surface area contributed by atoms with Crippen molar-refractivity contribution in [3.05, 3.63) is 43.0 Å². The molecule has 7 nitrogen and oxygen atoms in total. The van der Waals surface area contributed by atoms with E-state index < -0.39 is 0 Å². The SMILES string of the molecule is COCCNCC(=O)Nc1ccccc1OCCn1ccnc1. The maximum absolute atomic E-state index is 11.9. The number of hydrogen-bond acceptors (Lipinski definition) is 5. The predicted octanol–water partition coefficient (Wildman–Crippen LogP) is 1.14. The van der Waals surface area contributed by atoms with Crippen LogP contribution >= 0.6 is 0 Å². The maximum atomic E-state index is 11.9. The summed E-state index contributed by atoms with van der Waals surface area (Å²) in [7, 11) is 1.62. The number of methoxy groups -OCH3 is 1. The van der Waals surface area contributed by atoms with Crippen molar-refractivity contribution in [2.24, 2.45) is 0 Å². The lowest BCUT2D eigenvalue weighted by Crippen LogP contribution is -2.30. The van der Waals surface area contributed by atoms with Gasteiger partial charge in [0.05, 0.1) is 31.7 Å². The van der Waals surface area contributed by atoms with Gasteiger partial charge in [-0.1, -0.05) is 12.1 Å². The minimum atomic E-state index is -0.119. The van der Waals surface area contributed by atoms with E-state index in [0.29, 0.717) is 37.7 Å². The van der Waals surface area contributed by atoms with Crippen LogP contribution in [0.1, 0.15) is 0 Å². The predicted molar refractivity (Wildman–Crippen MR) is 87.5 cm³/mol. The molecule has 2 N–H and O–H groups in total. The van der Waals surface area contributed by atoms with E-state index >= 15 is 0 Å². The number of nitrogens with one attached hydrogen (secondary N) is 2. The number of benzene rings is 1. The first-order chi connectivity index (χ1) is 11.3. The average Bonchev–Trinajstić information content (AvgIpc) is 3.07. The van der Waals surface area contributed by atoms with Gasteiger partial charge in [-0.15, -0.1) is 0 Å². The van der Waals surface area contributed by atoms with Gasteiger partial charge in [-0.05, 0) is 12.1 Å². The average molecular weight is 318 g/mol. The second-order valence-electron chi connectivity index (χ2n) is 4.86. The minimum Gasteiger partial charge on any atom is -0.490 e. The summed E-state index contributed by atoms with van der Waals surface area (Å²) in [6, 6.07) is 7.39. The number of carbonyl (C=O) groups is 1. The van der Waals surface area contributed by atoms with E-state index in [9.17, 15) is 4.79 Å². The molecule has 0 spiro atoms. The van der Waals surface area contributed by atoms with E-state index in [2.05, 4.69) is 15.6 Å². The van der Waals surface area contributed by atoms with Gasteiger partial charge in [-0.3, -0.25) is 4.79 Å². The lowest BCUT2D eigenvalue weighted by atomic mass is 10.3. The van der Waals surface area contributed by atoms with Crippen molar-refractivity contribution in [1.82, 2.24) is 14.9 Å². The van der Waals surface area contributed by atoms with Gasteiger partial charge in [-0.25, -0.2) is 4.98 Å². The van der Waals surface area contributed by atoms with E-state index in [4.69, 9.17) is 9.47 Å². The molecule has 0 aliphatic heterocycles. The first-order valence-electron chi connectivity index (χ1n) is 7.46. The number of nitrogens with zero attached hydrogens (tertiary/aromatic N) is 2. The zero-order valence-electron chi connectivity index (χ0n) is 13.2. The molecule has 2 aromatic rings. The van der Waals surface area contributed by atoms with Crippen LogP contribution in [-0.4, -0.2) is 48.9 Å². The van der Waals surface area contributed by atoms with Crippen LogP contribution in [0.25, 0.3) is 0 Å². The van der Waals surface area contributed by atoms with Gasteiger partial charge in [0.25, 0.3) is 0 Å². The van der Waals surface area contributed by atoms with Crippen molar-refractivity contribution >= 4 is 11.6 Å². The molecule has 0 bridgehead atoms. The van der Waals surface area contributed by atoms with Gasteiger partial charge in [0.2, 0.25) is 5.91 Å². The summed E-state index contributed by atoms with van der Waals surface area (Å²) in [4.78, 5) is 15.9. The highest BCUT2D eigenvalue weighted by Gasteiger charge is 2.07. The maximum Gasteiger partial charge on any atom is 0.238 e. The Balaban J connectivity index is 1.80. The quantitative estimate of drug-likeness (QED) is 0.642. The van der Waals surface area contributed by atoms with Crippen LogP contribution in [0.4, 0.5) is 5.69 Å². The Bertz CT molecular complexity index is 587. The van der Waals surface area contributed by atoms with Crippen LogP contribution in [0.2, 0.25) is 0 Å². The zero-order valence-corrected chi connectivity index (χ0v) is 13.2. The summed E-state index contributed by atoms with van der Waals surface area (Å²) in [5, 5.41) is 5.84. The van der Waals surface area contributed by atoms with Crippen LogP contribution < -0.4 is 15.4 Å². The Morgan fingerprint density at radius 1 is 1.30 bits per heavy atom. The lowest BCUT2D eigenvalue weighted by molar-refractivity contribution is -0.115. The largest absolute Gasteiger partial charge is 0.490 e. The van der Waals surface area contributed by atoms with Gasteiger partial charge in [0, 0.05) is 26.0 Å². The fraction of sp³-hybridized carbons (Fsp3) is 0.375. The second kappa shape index (κ2) is 9.60. The molecule has 124 valence electrons. The van der Waals surface area contributed by atoms with E-state index in [1.165, 1.54) is 0 Å². The second-order valence-corrected chi connectivity index (χ2v) is 4.86. The molecule has 0 aliphatic carbocycles. The normalized spacial score (nSPS) is 10.5. The van der Waals surface area contributed by atoms with Gasteiger partial charge in [0.15, 0.2) is 0 Å². The van der Waals surface area contributed by atoms with Crippen LogP contribution in [0.15, 0.2) is 43.0 Å². The van der Waals surface area contributed by atoms with Gasteiger partial charge in [0.1, 0.15) is 12.4 Å². The molecule has 7 heteroatoms. The van der Waals surface area contributed by atoms with Gasteiger partial charge in [-0.2, -0.15) is 0 Å². The summed E-state index contributed by atoms with van der Waals surface area (Å²) in [5.74, 6) is 0.532.